The highest BCUT2D eigenvalue weighted by Crippen LogP contribution is 2.00. The number of unbranched alkanes of at least 4 members (excludes halogenated alkanes) is 3. The molecule has 0 atom stereocenters. The van der Waals surface area contributed by atoms with E-state index in [1.165, 1.54) is 0 Å². The van der Waals surface area contributed by atoms with Crippen molar-refractivity contribution in [2.24, 2.45) is 0 Å². The van der Waals surface area contributed by atoms with Gasteiger partial charge in [-0.25, -0.2) is 35.1 Å². The number of rotatable bonds is 15. The van der Waals surface area contributed by atoms with Gasteiger partial charge in [-0.2, -0.15) is 0 Å². The van der Waals surface area contributed by atoms with Gasteiger partial charge in [-0.05, 0) is 38.5 Å². The molecule has 0 aromatic carbocycles. The highest BCUT2D eigenvalue weighted by Gasteiger charge is 2.07. The predicted molar refractivity (Wildman–Crippen MR) is 106 cm³/mol. The van der Waals surface area contributed by atoms with Crippen molar-refractivity contribution < 1.29 is 35.1 Å². The summed E-state index contributed by atoms with van der Waals surface area (Å²) in [5, 5.41) is 0. The molecular weight excluding hydrogens is 432 g/mol. The lowest BCUT2D eigenvalue weighted by molar-refractivity contribution is -0.697. The van der Waals surface area contributed by atoms with Crippen LogP contribution in [0.15, 0.2) is 37.4 Å². The van der Waals surface area contributed by atoms with Crippen molar-refractivity contribution in [2.75, 3.05) is 11.5 Å². The molecule has 0 unspecified atom stereocenters. The molecule has 12 heteroatoms. The van der Waals surface area contributed by atoms with Crippen LogP contribution in [0.2, 0.25) is 0 Å². The molecule has 0 saturated heterocycles. The van der Waals surface area contributed by atoms with Crippen LogP contribution in [-0.4, -0.2) is 46.6 Å². The van der Waals surface area contributed by atoms with Gasteiger partial charge in [0.15, 0.2) is 0 Å². The summed E-state index contributed by atoms with van der Waals surface area (Å²) in [7, 11) is -8.25. The molecule has 30 heavy (non-hydrogen) atoms. The monoisotopic (exact) mass is 462 g/mol. The third kappa shape index (κ3) is 10.9. The minimum Gasteiger partial charge on any atom is -0.748 e. The molecule has 2 heterocycles. The van der Waals surface area contributed by atoms with Crippen molar-refractivity contribution in [3.05, 3.63) is 37.4 Å². The van der Waals surface area contributed by atoms with E-state index in [1.54, 1.807) is 0 Å². The van der Waals surface area contributed by atoms with Crippen LogP contribution in [0.5, 0.6) is 0 Å². The molecule has 0 bridgehead atoms. The van der Waals surface area contributed by atoms with Crippen LogP contribution in [0.25, 0.3) is 0 Å². The molecule has 2 aromatic rings. The van der Waals surface area contributed by atoms with Crippen molar-refractivity contribution in [3.63, 3.8) is 0 Å². The summed E-state index contributed by atoms with van der Waals surface area (Å²) < 4.78 is 71.7. The quantitative estimate of drug-likeness (QED) is 0.208. The summed E-state index contributed by atoms with van der Waals surface area (Å²) >= 11 is 0. The summed E-state index contributed by atoms with van der Waals surface area (Å²) in [6.45, 7) is 3.14. The fourth-order valence-corrected chi connectivity index (χ4v) is 4.26. The Bertz CT molecular complexity index is 902. The topological polar surface area (TPSA) is 132 Å². The van der Waals surface area contributed by atoms with Gasteiger partial charge >= 0.3 is 0 Å². The first-order valence-electron chi connectivity index (χ1n) is 10.1. The van der Waals surface area contributed by atoms with Gasteiger partial charge in [0.05, 0.1) is 46.4 Å². The van der Waals surface area contributed by atoms with Crippen LogP contribution < -0.4 is 9.13 Å². The van der Waals surface area contributed by atoms with Crippen LogP contribution in [0.4, 0.5) is 0 Å². The maximum atomic E-state index is 10.6. The molecule has 10 nitrogen and oxygen atoms in total. The minimum absolute atomic E-state index is 0.310. The first-order valence-corrected chi connectivity index (χ1v) is 13.2. The minimum atomic E-state index is -4.12. The first-order chi connectivity index (χ1) is 14.1. The molecule has 0 amide bonds. The second-order valence-electron chi connectivity index (χ2n) is 7.42. The maximum absolute atomic E-state index is 10.6. The number of aryl methyl sites for hydroxylation is 4. The van der Waals surface area contributed by atoms with E-state index in [2.05, 4.69) is 9.13 Å². The Labute approximate surface area is 178 Å². The Morgan fingerprint density at radius 1 is 0.633 bits per heavy atom. The highest BCUT2D eigenvalue weighted by atomic mass is 32.2. The second kappa shape index (κ2) is 11.6. The molecule has 0 saturated carbocycles. The Hall–Kier alpha value is -1.76. The van der Waals surface area contributed by atoms with Gasteiger partial charge < -0.3 is 9.11 Å². The number of nitrogens with zero attached hydrogens (tertiary/aromatic N) is 4. The van der Waals surface area contributed by atoms with Gasteiger partial charge in [0, 0.05) is 11.5 Å². The molecule has 0 N–H and O–H groups in total. The van der Waals surface area contributed by atoms with Crippen molar-refractivity contribution >= 4 is 20.2 Å². The van der Waals surface area contributed by atoms with E-state index in [1.807, 2.05) is 46.6 Å². The normalized spacial score (nSPS) is 12.5. The third-order valence-electron chi connectivity index (χ3n) is 4.70. The largest absolute Gasteiger partial charge is 0.748 e. The van der Waals surface area contributed by atoms with E-state index < -0.39 is 20.2 Å². The van der Waals surface area contributed by atoms with Crippen LogP contribution in [0.3, 0.4) is 0 Å². The highest BCUT2D eigenvalue weighted by molar-refractivity contribution is 7.85. The van der Waals surface area contributed by atoms with Crippen molar-refractivity contribution in [3.8, 4) is 0 Å². The Balaban J connectivity index is 1.59. The van der Waals surface area contributed by atoms with Crippen molar-refractivity contribution in [1.29, 1.82) is 0 Å². The molecule has 0 fully saturated rings. The van der Waals surface area contributed by atoms with E-state index in [9.17, 15) is 25.9 Å². The molecule has 2 rings (SSSR count). The number of hydrogen-bond acceptors (Lipinski definition) is 6. The maximum Gasteiger partial charge on any atom is 0.243 e. The van der Waals surface area contributed by atoms with E-state index in [4.69, 9.17) is 0 Å². The zero-order valence-electron chi connectivity index (χ0n) is 17.0. The smallest absolute Gasteiger partial charge is 0.243 e. The fourth-order valence-electron chi connectivity index (χ4n) is 3.14. The Morgan fingerprint density at radius 3 is 1.40 bits per heavy atom. The van der Waals surface area contributed by atoms with Gasteiger partial charge in [0.2, 0.25) is 12.7 Å². The number of hydrogen-bond donors (Lipinski definition) is 0. The summed E-state index contributed by atoms with van der Waals surface area (Å²) in [5.74, 6) is -0.620. The number of imidazole rings is 2. The molecule has 170 valence electrons. The average Bonchev–Trinajstić information content (AvgIpc) is 3.27. The van der Waals surface area contributed by atoms with E-state index in [-0.39, 0.29) is 11.5 Å². The van der Waals surface area contributed by atoms with Crippen molar-refractivity contribution in [1.82, 2.24) is 9.13 Å². The van der Waals surface area contributed by atoms with Crippen LogP contribution in [0.1, 0.15) is 38.5 Å². The van der Waals surface area contributed by atoms with Crippen LogP contribution in [0, 0.1) is 0 Å². The lowest BCUT2D eigenvalue weighted by Gasteiger charge is -2.04. The van der Waals surface area contributed by atoms with Gasteiger partial charge in [0.1, 0.15) is 24.8 Å². The van der Waals surface area contributed by atoms with E-state index >= 15 is 0 Å². The molecule has 2 aromatic heterocycles. The summed E-state index contributed by atoms with van der Waals surface area (Å²) in [6, 6.07) is 0. The fraction of sp³-hybridized carbons (Fsp3) is 0.667. The number of aromatic nitrogens is 4. The molecule has 0 spiro atoms. The summed E-state index contributed by atoms with van der Waals surface area (Å²) in [6.07, 6.45) is 15.9. The van der Waals surface area contributed by atoms with Gasteiger partial charge in [-0.15, -0.1) is 0 Å². The summed E-state index contributed by atoms with van der Waals surface area (Å²) in [4.78, 5) is 0. The molecule has 0 radical (unpaired) electrons. The second-order valence-corrected chi connectivity index (χ2v) is 10.5. The predicted octanol–water partition coefficient (Wildman–Crippen LogP) is -0.00420. The van der Waals surface area contributed by atoms with Crippen LogP contribution >= 0.6 is 0 Å². The SMILES string of the molecule is O=S(=O)([O-])CCCC[n+]1ccn(CCCCn2cc[n+](CCCCS(=O)(=O)[O-])c2)c1. The van der Waals surface area contributed by atoms with Crippen molar-refractivity contribution in [2.45, 2.75) is 64.7 Å². The van der Waals surface area contributed by atoms with E-state index in [0.29, 0.717) is 38.8 Å². The average molecular weight is 463 g/mol. The zero-order chi connectivity index (χ0) is 22.0. The standard InChI is InChI=1S/C18H30N4O6S2/c23-29(24,25)15-5-3-9-21-13-11-19(17-21)7-1-2-8-20-12-14-22(18-20)10-4-6-16-30(26,27)28/h11-14,17-18H,1-10,15-16H2. The van der Waals surface area contributed by atoms with E-state index in [0.717, 1.165) is 25.9 Å². The summed E-state index contributed by atoms with van der Waals surface area (Å²) in [5.41, 5.74) is 0. The molecule has 0 aliphatic rings. The lowest BCUT2D eigenvalue weighted by Crippen LogP contribution is -2.31. The third-order valence-corrected chi connectivity index (χ3v) is 6.27. The molecule has 0 aliphatic carbocycles. The van der Waals surface area contributed by atoms with Gasteiger partial charge in [-0.1, -0.05) is 0 Å². The zero-order valence-corrected chi connectivity index (χ0v) is 18.6. The Kier molecular flexibility index (Phi) is 9.46. The lowest BCUT2D eigenvalue weighted by atomic mass is 10.3. The van der Waals surface area contributed by atoms with Crippen LogP contribution in [-0.2, 0) is 46.4 Å². The first kappa shape index (κ1) is 24.5. The van der Waals surface area contributed by atoms with Gasteiger partial charge in [-0.3, -0.25) is 0 Å². The Morgan fingerprint density at radius 2 is 1.03 bits per heavy atom. The van der Waals surface area contributed by atoms with Gasteiger partial charge in [0.25, 0.3) is 0 Å². The molecular formula is C18H30N4O6S2. The molecule has 0 aliphatic heterocycles.